The normalized spacial score (nSPS) is 16.4. The molecule has 1 aliphatic heterocycles. The number of anilines is 1. The number of nitrogens with one attached hydrogen (secondary N) is 1. The number of carboxylic acid groups (broad SMARTS) is 1. The molecular formula is C17H20N4O3S. The van der Waals surface area contributed by atoms with E-state index in [0.717, 1.165) is 23.8 Å². The van der Waals surface area contributed by atoms with Crippen molar-refractivity contribution in [2.45, 2.75) is 25.3 Å². The molecule has 0 aromatic carbocycles. The van der Waals surface area contributed by atoms with E-state index in [-0.39, 0.29) is 18.2 Å². The van der Waals surface area contributed by atoms with Gasteiger partial charge in [-0.25, -0.2) is 4.98 Å². The van der Waals surface area contributed by atoms with E-state index in [0.29, 0.717) is 12.8 Å². The van der Waals surface area contributed by atoms with Crippen molar-refractivity contribution < 1.29 is 14.7 Å². The van der Waals surface area contributed by atoms with Gasteiger partial charge in [0.05, 0.1) is 18.7 Å². The van der Waals surface area contributed by atoms with Gasteiger partial charge >= 0.3 is 5.97 Å². The molecule has 2 N–H and O–H groups in total. The van der Waals surface area contributed by atoms with Gasteiger partial charge in [-0.3, -0.25) is 14.6 Å². The van der Waals surface area contributed by atoms with Gasteiger partial charge in [-0.2, -0.15) is 0 Å². The summed E-state index contributed by atoms with van der Waals surface area (Å²) in [6.07, 6.45) is 6.34. The standard InChI is InChI=1S/C17H20N4O3S/c22-16(23)10-13(14-2-1-9-25-14)20-17(24)12-3-7-21(8-4-12)15-11-18-5-6-19-15/h1-2,5-6,9,11-13H,3-4,7-8,10H2,(H,20,24)(H,22,23). The summed E-state index contributed by atoms with van der Waals surface area (Å²) in [6.45, 7) is 1.47. The van der Waals surface area contributed by atoms with Crippen molar-refractivity contribution in [2.24, 2.45) is 5.92 Å². The molecule has 2 aromatic rings. The van der Waals surface area contributed by atoms with Crippen LogP contribution in [0.3, 0.4) is 0 Å². The molecule has 1 fully saturated rings. The number of carbonyl (C=O) groups excluding carboxylic acids is 1. The molecule has 8 heteroatoms. The summed E-state index contributed by atoms with van der Waals surface area (Å²) < 4.78 is 0. The first-order valence-electron chi connectivity index (χ1n) is 8.20. The van der Waals surface area contributed by atoms with Crippen LogP contribution in [0.2, 0.25) is 0 Å². The Hall–Kier alpha value is -2.48. The number of aliphatic carboxylic acids is 1. The zero-order valence-corrected chi connectivity index (χ0v) is 14.5. The maximum atomic E-state index is 12.6. The molecule has 0 spiro atoms. The third-order valence-corrected chi connectivity index (χ3v) is 5.31. The maximum Gasteiger partial charge on any atom is 0.305 e. The molecule has 0 bridgehead atoms. The van der Waals surface area contributed by atoms with E-state index in [1.807, 2.05) is 17.5 Å². The van der Waals surface area contributed by atoms with Gasteiger partial charge in [-0.1, -0.05) is 6.07 Å². The van der Waals surface area contributed by atoms with Crippen molar-refractivity contribution in [3.63, 3.8) is 0 Å². The second kappa shape index (κ2) is 8.06. The number of carboxylic acids is 1. The number of aromatic nitrogens is 2. The molecular weight excluding hydrogens is 340 g/mol. The average Bonchev–Trinajstić information content (AvgIpc) is 3.16. The number of rotatable bonds is 6. The maximum absolute atomic E-state index is 12.6. The Morgan fingerprint density at radius 2 is 2.16 bits per heavy atom. The third-order valence-electron chi connectivity index (χ3n) is 4.32. The first-order chi connectivity index (χ1) is 12.1. The van der Waals surface area contributed by atoms with Gasteiger partial charge in [0, 0.05) is 36.3 Å². The smallest absolute Gasteiger partial charge is 0.305 e. The minimum Gasteiger partial charge on any atom is -0.481 e. The third kappa shape index (κ3) is 4.54. The monoisotopic (exact) mass is 360 g/mol. The highest BCUT2D eigenvalue weighted by Gasteiger charge is 2.28. The molecule has 1 aliphatic rings. The summed E-state index contributed by atoms with van der Waals surface area (Å²) in [5.74, 6) is -0.275. The average molecular weight is 360 g/mol. The molecule has 3 rings (SSSR count). The molecule has 0 radical (unpaired) electrons. The van der Waals surface area contributed by atoms with Crippen molar-refractivity contribution >= 4 is 29.0 Å². The predicted octanol–water partition coefficient (Wildman–Crippen LogP) is 2.09. The summed E-state index contributed by atoms with van der Waals surface area (Å²) in [6, 6.07) is 3.25. The van der Waals surface area contributed by atoms with Crippen LogP contribution in [0, 0.1) is 5.92 Å². The van der Waals surface area contributed by atoms with E-state index in [1.54, 1.807) is 18.6 Å². The SMILES string of the molecule is O=C(O)CC(NC(=O)C1CCN(c2cnccn2)CC1)c1cccs1. The Kier molecular flexibility index (Phi) is 5.60. The molecule has 0 saturated carbocycles. The van der Waals surface area contributed by atoms with Crippen LogP contribution in [-0.2, 0) is 9.59 Å². The summed E-state index contributed by atoms with van der Waals surface area (Å²) in [5, 5.41) is 13.9. The highest BCUT2D eigenvalue weighted by atomic mass is 32.1. The van der Waals surface area contributed by atoms with E-state index in [4.69, 9.17) is 5.11 Å². The van der Waals surface area contributed by atoms with Crippen molar-refractivity contribution in [2.75, 3.05) is 18.0 Å². The van der Waals surface area contributed by atoms with E-state index < -0.39 is 12.0 Å². The van der Waals surface area contributed by atoms with Gasteiger partial charge in [0.2, 0.25) is 5.91 Å². The fourth-order valence-corrected chi connectivity index (χ4v) is 3.78. The van der Waals surface area contributed by atoms with E-state index in [2.05, 4.69) is 20.2 Å². The van der Waals surface area contributed by atoms with Gasteiger partial charge in [-0.05, 0) is 24.3 Å². The van der Waals surface area contributed by atoms with Crippen LogP contribution in [-0.4, -0.2) is 40.0 Å². The zero-order valence-electron chi connectivity index (χ0n) is 13.7. The lowest BCUT2D eigenvalue weighted by atomic mass is 9.95. The van der Waals surface area contributed by atoms with Crippen LogP contribution in [0.25, 0.3) is 0 Å². The Labute approximate surface area is 149 Å². The quantitative estimate of drug-likeness (QED) is 0.819. The highest BCUT2D eigenvalue weighted by molar-refractivity contribution is 7.10. The summed E-state index contributed by atoms with van der Waals surface area (Å²) >= 11 is 1.46. The van der Waals surface area contributed by atoms with Crippen LogP contribution in [0.15, 0.2) is 36.1 Å². The minimum atomic E-state index is -0.920. The zero-order chi connectivity index (χ0) is 17.6. The van der Waals surface area contributed by atoms with Crippen molar-refractivity contribution in [1.82, 2.24) is 15.3 Å². The highest BCUT2D eigenvalue weighted by Crippen LogP contribution is 2.25. The van der Waals surface area contributed by atoms with E-state index in [9.17, 15) is 9.59 Å². The fraction of sp³-hybridized carbons (Fsp3) is 0.412. The van der Waals surface area contributed by atoms with Crippen LogP contribution < -0.4 is 10.2 Å². The predicted molar refractivity (Wildman–Crippen MR) is 94.4 cm³/mol. The summed E-state index contributed by atoms with van der Waals surface area (Å²) in [7, 11) is 0. The molecule has 3 heterocycles. The Balaban J connectivity index is 1.57. The fourth-order valence-electron chi connectivity index (χ4n) is 3.00. The molecule has 2 aromatic heterocycles. The molecule has 25 heavy (non-hydrogen) atoms. The van der Waals surface area contributed by atoms with Gasteiger partial charge in [0.1, 0.15) is 5.82 Å². The molecule has 1 saturated heterocycles. The lowest BCUT2D eigenvalue weighted by Gasteiger charge is -2.32. The van der Waals surface area contributed by atoms with Crippen LogP contribution in [0.5, 0.6) is 0 Å². The van der Waals surface area contributed by atoms with E-state index >= 15 is 0 Å². The number of thiophene rings is 1. The lowest BCUT2D eigenvalue weighted by Crippen LogP contribution is -2.42. The molecule has 132 valence electrons. The molecule has 1 unspecified atom stereocenters. The van der Waals surface area contributed by atoms with Gasteiger partial charge in [0.25, 0.3) is 0 Å². The van der Waals surface area contributed by atoms with E-state index in [1.165, 1.54) is 11.3 Å². The molecule has 1 amide bonds. The molecule has 1 atom stereocenters. The number of carbonyl (C=O) groups is 2. The lowest BCUT2D eigenvalue weighted by molar-refractivity contribution is -0.138. The molecule has 7 nitrogen and oxygen atoms in total. The van der Waals surface area contributed by atoms with Crippen LogP contribution in [0.1, 0.15) is 30.2 Å². The summed E-state index contributed by atoms with van der Waals surface area (Å²) in [4.78, 5) is 35.0. The van der Waals surface area contributed by atoms with Crippen LogP contribution >= 0.6 is 11.3 Å². The van der Waals surface area contributed by atoms with Gasteiger partial charge in [0.15, 0.2) is 0 Å². The molecule has 0 aliphatic carbocycles. The van der Waals surface area contributed by atoms with Crippen molar-refractivity contribution in [1.29, 1.82) is 0 Å². The first kappa shape index (κ1) is 17.3. The number of piperidine rings is 1. The second-order valence-electron chi connectivity index (χ2n) is 6.00. The minimum absolute atomic E-state index is 0.0709. The largest absolute Gasteiger partial charge is 0.481 e. The van der Waals surface area contributed by atoms with Crippen LogP contribution in [0.4, 0.5) is 5.82 Å². The van der Waals surface area contributed by atoms with Crippen molar-refractivity contribution in [3.05, 3.63) is 41.0 Å². The number of hydrogen-bond acceptors (Lipinski definition) is 6. The number of hydrogen-bond donors (Lipinski definition) is 2. The number of nitrogens with zero attached hydrogens (tertiary/aromatic N) is 3. The Morgan fingerprint density at radius 3 is 2.76 bits per heavy atom. The Bertz CT molecular complexity index is 700. The topological polar surface area (TPSA) is 95.4 Å². The second-order valence-corrected chi connectivity index (χ2v) is 6.98. The Morgan fingerprint density at radius 1 is 1.36 bits per heavy atom. The van der Waals surface area contributed by atoms with Gasteiger partial charge < -0.3 is 15.3 Å². The van der Waals surface area contributed by atoms with Crippen molar-refractivity contribution in [3.8, 4) is 0 Å². The number of amides is 1. The summed E-state index contributed by atoms with van der Waals surface area (Å²) in [5.41, 5.74) is 0. The van der Waals surface area contributed by atoms with Gasteiger partial charge in [-0.15, -0.1) is 11.3 Å². The first-order valence-corrected chi connectivity index (χ1v) is 9.08.